The molecule has 1 aromatic carbocycles. The first kappa shape index (κ1) is 16.1. The highest BCUT2D eigenvalue weighted by molar-refractivity contribution is 5.80. The van der Waals surface area contributed by atoms with Gasteiger partial charge >= 0.3 is 0 Å². The summed E-state index contributed by atoms with van der Waals surface area (Å²) in [6.07, 6.45) is 4.75. The van der Waals surface area contributed by atoms with Gasteiger partial charge in [0, 0.05) is 25.7 Å². The number of benzene rings is 1. The van der Waals surface area contributed by atoms with E-state index >= 15 is 0 Å². The zero-order valence-corrected chi connectivity index (χ0v) is 14.8. The third kappa shape index (κ3) is 3.22. The van der Waals surface area contributed by atoms with Crippen LogP contribution in [0.2, 0.25) is 0 Å². The van der Waals surface area contributed by atoms with Gasteiger partial charge in [-0.25, -0.2) is 0 Å². The van der Waals surface area contributed by atoms with E-state index < -0.39 is 0 Å². The highest BCUT2D eigenvalue weighted by atomic mass is 16.2. The van der Waals surface area contributed by atoms with E-state index in [0.29, 0.717) is 11.9 Å². The van der Waals surface area contributed by atoms with Crippen LogP contribution in [0.25, 0.3) is 0 Å². The molecule has 1 atom stereocenters. The summed E-state index contributed by atoms with van der Waals surface area (Å²) in [7, 11) is 2.21. The van der Waals surface area contributed by atoms with Crippen LogP contribution in [0, 0.1) is 5.92 Å². The summed E-state index contributed by atoms with van der Waals surface area (Å²) in [5.41, 5.74) is 2.66. The summed E-state index contributed by atoms with van der Waals surface area (Å²) < 4.78 is 0. The minimum absolute atomic E-state index is 0.202. The number of hydrogen-bond donors (Lipinski definition) is 0. The Hall–Kier alpha value is -1.39. The average Bonchev–Trinajstić information content (AvgIpc) is 3.06. The first-order valence-electron chi connectivity index (χ1n) is 9.49. The molecule has 3 aliphatic rings. The van der Waals surface area contributed by atoms with E-state index in [0.717, 1.165) is 26.1 Å². The van der Waals surface area contributed by atoms with Crippen molar-refractivity contribution in [1.82, 2.24) is 14.7 Å². The molecule has 3 aliphatic heterocycles. The molecule has 0 aromatic heterocycles. The lowest BCUT2D eigenvalue weighted by atomic mass is 9.93. The number of amides is 1. The lowest BCUT2D eigenvalue weighted by Crippen LogP contribution is -2.50. The summed E-state index contributed by atoms with van der Waals surface area (Å²) in [6, 6.07) is 9.17. The smallest absolute Gasteiger partial charge is 0.227 e. The molecule has 4 heteroatoms. The molecule has 130 valence electrons. The molecule has 3 heterocycles. The Kier molecular flexibility index (Phi) is 4.59. The molecule has 24 heavy (non-hydrogen) atoms. The molecular weight excluding hydrogens is 298 g/mol. The molecule has 0 saturated carbocycles. The van der Waals surface area contributed by atoms with Crippen molar-refractivity contribution in [3.63, 3.8) is 0 Å². The summed E-state index contributed by atoms with van der Waals surface area (Å²) in [5.74, 6) is 0.580. The predicted molar refractivity (Wildman–Crippen MR) is 95.5 cm³/mol. The van der Waals surface area contributed by atoms with Crippen molar-refractivity contribution in [3.05, 3.63) is 35.4 Å². The Morgan fingerprint density at radius 1 is 1.00 bits per heavy atom. The van der Waals surface area contributed by atoms with Gasteiger partial charge in [-0.2, -0.15) is 0 Å². The fourth-order valence-corrected chi connectivity index (χ4v) is 4.65. The van der Waals surface area contributed by atoms with E-state index in [-0.39, 0.29) is 5.92 Å². The van der Waals surface area contributed by atoms with Crippen molar-refractivity contribution in [2.24, 2.45) is 5.92 Å². The van der Waals surface area contributed by atoms with E-state index in [1.165, 1.54) is 50.0 Å². The molecule has 1 unspecified atom stereocenters. The molecule has 0 spiro atoms. The maximum atomic E-state index is 13.0. The molecule has 0 radical (unpaired) electrons. The first-order chi connectivity index (χ1) is 11.7. The predicted octanol–water partition coefficient (Wildman–Crippen LogP) is 2.33. The second kappa shape index (κ2) is 6.85. The summed E-state index contributed by atoms with van der Waals surface area (Å²) in [5, 5.41) is 0. The SMILES string of the molecule is CN1CCC(N2CCCC(C(=O)N3Cc4ccccc4C3)C2)CC1. The van der Waals surface area contributed by atoms with Crippen molar-refractivity contribution in [1.29, 1.82) is 0 Å². The van der Waals surface area contributed by atoms with Crippen molar-refractivity contribution in [3.8, 4) is 0 Å². The summed E-state index contributed by atoms with van der Waals surface area (Å²) >= 11 is 0. The number of carbonyl (C=O) groups excluding carboxylic acids is 1. The second-order valence-electron chi connectivity index (χ2n) is 7.83. The zero-order valence-electron chi connectivity index (χ0n) is 14.8. The standard InChI is InChI=1S/C20H29N3O/c1-21-11-8-19(9-12-21)22-10-4-7-18(15-22)20(24)23-13-16-5-2-3-6-17(16)14-23/h2-3,5-6,18-19H,4,7-15H2,1H3. The quantitative estimate of drug-likeness (QED) is 0.834. The van der Waals surface area contributed by atoms with Crippen LogP contribution in [0.1, 0.15) is 36.8 Å². The van der Waals surface area contributed by atoms with Crippen molar-refractivity contribution < 1.29 is 4.79 Å². The Balaban J connectivity index is 1.37. The van der Waals surface area contributed by atoms with Crippen LogP contribution in [0.5, 0.6) is 0 Å². The fourth-order valence-electron chi connectivity index (χ4n) is 4.65. The molecule has 0 aliphatic carbocycles. The van der Waals surface area contributed by atoms with Crippen LogP contribution in [0.15, 0.2) is 24.3 Å². The van der Waals surface area contributed by atoms with Gasteiger partial charge in [0.05, 0.1) is 5.92 Å². The topological polar surface area (TPSA) is 26.8 Å². The average molecular weight is 327 g/mol. The van der Waals surface area contributed by atoms with E-state index in [4.69, 9.17) is 0 Å². The monoisotopic (exact) mass is 327 g/mol. The van der Waals surface area contributed by atoms with Crippen LogP contribution in [-0.2, 0) is 17.9 Å². The molecule has 1 amide bonds. The minimum Gasteiger partial charge on any atom is -0.334 e. The van der Waals surface area contributed by atoms with Gasteiger partial charge in [0.1, 0.15) is 0 Å². The normalized spacial score (nSPS) is 26.5. The van der Waals surface area contributed by atoms with Crippen LogP contribution in [0.4, 0.5) is 0 Å². The third-order valence-electron chi connectivity index (χ3n) is 6.16. The van der Waals surface area contributed by atoms with E-state index in [9.17, 15) is 4.79 Å². The van der Waals surface area contributed by atoms with Gasteiger partial charge in [-0.15, -0.1) is 0 Å². The van der Waals surface area contributed by atoms with Crippen molar-refractivity contribution in [2.45, 2.75) is 44.8 Å². The van der Waals surface area contributed by atoms with Gasteiger partial charge in [-0.3, -0.25) is 9.69 Å². The van der Waals surface area contributed by atoms with Gasteiger partial charge in [-0.1, -0.05) is 24.3 Å². The third-order valence-corrected chi connectivity index (χ3v) is 6.16. The lowest BCUT2D eigenvalue weighted by molar-refractivity contribution is -0.138. The Morgan fingerprint density at radius 2 is 1.67 bits per heavy atom. The van der Waals surface area contributed by atoms with Crippen LogP contribution in [0.3, 0.4) is 0 Å². The van der Waals surface area contributed by atoms with Crippen molar-refractivity contribution >= 4 is 5.91 Å². The number of nitrogens with zero attached hydrogens (tertiary/aromatic N) is 3. The molecule has 4 rings (SSSR count). The van der Waals surface area contributed by atoms with Gasteiger partial charge in [0.15, 0.2) is 0 Å². The second-order valence-corrected chi connectivity index (χ2v) is 7.83. The number of piperidine rings is 2. The van der Waals surface area contributed by atoms with Crippen molar-refractivity contribution in [2.75, 3.05) is 33.2 Å². The summed E-state index contributed by atoms with van der Waals surface area (Å²) in [6.45, 7) is 6.15. The zero-order chi connectivity index (χ0) is 16.5. The van der Waals surface area contributed by atoms with E-state index in [1.54, 1.807) is 0 Å². The molecule has 4 nitrogen and oxygen atoms in total. The number of fused-ring (bicyclic) bond motifs is 1. The molecule has 0 N–H and O–H groups in total. The van der Waals surface area contributed by atoms with Gasteiger partial charge in [-0.05, 0) is 63.5 Å². The van der Waals surface area contributed by atoms with Crippen LogP contribution < -0.4 is 0 Å². The number of rotatable bonds is 2. The number of hydrogen-bond acceptors (Lipinski definition) is 3. The Morgan fingerprint density at radius 3 is 2.33 bits per heavy atom. The highest BCUT2D eigenvalue weighted by Gasteiger charge is 2.34. The molecule has 0 bridgehead atoms. The Labute approximate surface area is 145 Å². The fraction of sp³-hybridized carbons (Fsp3) is 0.650. The van der Waals surface area contributed by atoms with Gasteiger partial charge < -0.3 is 9.80 Å². The van der Waals surface area contributed by atoms with Crippen LogP contribution >= 0.6 is 0 Å². The van der Waals surface area contributed by atoms with Gasteiger partial charge in [0.2, 0.25) is 5.91 Å². The van der Waals surface area contributed by atoms with E-state index in [2.05, 4.69) is 46.0 Å². The van der Waals surface area contributed by atoms with Crippen LogP contribution in [-0.4, -0.2) is 59.9 Å². The number of carbonyl (C=O) groups is 1. The minimum atomic E-state index is 0.202. The molecule has 1 aromatic rings. The lowest BCUT2D eigenvalue weighted by Gasteiger charge is -2.41. The largest absolute Gasteiger partial charge is 0.334 e. The Bertz CT molecular complexity index is 569. The first-order valence-corrected chi connectivity index (χ1v) is 9.49. The molecule has 2 fully saturated rings. The maximum absolute atomic E-state index is 13.0. The highest BCUT2D eigenvalue weighted by Crippen LogP contribution is 2.28. The van der Waals surface area contributed by atoms with Gasteiger partial charge in [0.25, 0.3) is 0 Å². The summed E-state index contributed by atoms with van der Waals surface area (Å²) in [4.78, 5) is 20.2. The molecular formula is C20H29N3O. The van der Waals surface area contributed by atoms with E-state index in [1.807, 2.05) is 0 Å². The maximum Gasteiger partial charge on any atom is 0.227 e. The molecule has 2 saturated heterocycles. The number of likely N-dealkylation sites (tertiary alicyclic amines) is 2.